The van der Waals surface area contributed by atoms with Crippen molar-refractivity contribution in [2.75, 3.05) is 13.1 Å². The quantitative estimate of drug-likeness (QED) is 0.849. The molecule has 96 valence electrons. The summed E-state index contributed by atoms with van der Waals surface area (Å²) in [5.74, 6) is 0.940. The van der Waals surface area contributed by atoms with Crippen LogP contribution in [0.25, 0.3) is 0 Å². The first-order chi connectivity index (χ1) is 8.85. The van der Waals surface area contributed by atoms with Crippen LogP contribution < -0.4 is 5.73 Å². The van der Waals surface area contributed by atoms with Gasteiger partial charge in [0, 0.05) is 13.1 Å². The van der Waals surface area contributed by atoms with Crippen molar-refractivity contribution in [1.82, 2.24) is 4.90 Å². The predicted molar refractivity (Wildman–Crippen MR) is 73.0 cm³/mol. The van der Waals surface area contributed by atoms with Crippen molar-refractivity contribution < 1.29 is 4.42 Å². The molecule has 3 nitrogen and oxygen atoms in total. The third-order valence-electron chi connectivity index (χ3n) is 3.17. The molecule has 0 bridgehead atoms. The Morgan fingerprint density at radius 2 is 1.94 bits per heavy atom. The Bertz CT molecular complexity index is 439. The molecule has 0 fully saturated rings. The van der Waals surface area contributed by atoms with Gasteiger partial charge >= 0.3 is 0 Å². The number of benzene rings is 1. The maximum absolute atomic E-state index is 5.89. The van der Waals surface area contributed by atoms with Crippen LogP contribution in [0.3, 0.4) is 0 Å². The lowest BCUT2D eigenvalue weighted by Gasteiger charge is -2.28. The summed E-state index contributed by atoms with van der Waals surface area (Å²) in [7, 11) is 0. The lowest BCUT2D eigenvalue weighted by Crippen LogP contribution is -2.33. The number of nitrogens with zero attached hydrogens (tertiary/aromatic N) is 1. The fraction of sp³-hybridized carbons (Fsp3) is 0.333. The van der Waals surface area contributed by atoms with Crippen molar-refractivity contribution in [3.63, 3.8) is 0 Å². The van der Waals surface area contributed by atoms with Gasteiger partial charge in [-0.05, 0) is 24.2 Å². The van der Waals surface area contributed by atoms with E-state index in [4.69, 9.17) is 10.2 Å². The first-order valence-electron chi connectivity index (χ1n) is 6.36. The first-order valence-corrected chi connectivity index (χ1v) is 6.36. The van der Waals surface area contributed by atoms with Crippen LogP contribution in [0, 0.1) is 0 Å². The van der Waals surface area contributed by atoms with Crippen LogP contribution in [0.2, 0.25) is 0 Å². The fourth-order valence-electron chi connectivity index (χ4n) is 2.19. The van der Waals surface area contributed by atoms with Crippen LogP contribution in [-0.2, 0) is 6.54 Å². The van der Waals surface area contributed by atoms with Gasteiger partial charge in [-0.2, -0.15) is 0 Å². The maximum Gasteiger partial charge on any atom is 0.122 e. The summed E-state index contributed by atoms with van der Waals surface area (Å²) in [5, 5.41) is 0. The number of rotatable bonds is 6. The first kappa shape index (κ1) is 12.9. The molecule has 0 saturated carbocycles. The van der Waals surface area contributed by atoms with Crippen LogP contribution in [0.5, 0.6) is 0 Å². The molecular weight excluding hydrogens is 224 g/mol. The van der Waals surface area contributed by atoms with E-state index in [2.05, 4.69) is 36.1 Å². The summed E-state index contributed by atoms with van der Waals surface area (Å²) >= 11 is 0. The second kappa shape index (κ2) is 6.38. The van der Waals surface area contributed by atoms with Crippen molar-refractivity contribution in [3.8, 4) is 0 Å². The molecule has 2 N–H and O–H groups in total. The van der Waals surface area contributed by atoms with Gasteiger partial charge in [-0.3, -0.25) is 4.90 Å². The van der Waals surface area contributed by atoms with Crippen molar-refractivity contribution in [2.24, 2.45) is 5.73 Å². The molecule has 18 heavy (non-hydrogen) atoms. The highest BCUT2D eigenvalue weighted by Gasteiger charge is 2.20. The summed E-state index contributed by atoms with van der Waals surface area (Å²) in [6, 6.07) is 14.5. The van der Waals surface area contributed by atoms with Gasteiger partial charge in [-0.1, -0.05) is 37.3 Å². The number of furan rings is 1. The summed E-state index contributed by atoms with van der Waals surface area (Å²) < 4.78 is 5.49. The summed E-state index contributed by atoms with van der Waals surface area (Å²) in [6.07, 6.45) is 1.70. The molecule has 0 aliphatic heterocycles. The third kappa shape index (κ3) is 3.00. The minimum Gasteiger partial charge on any atom is -0.468 e. The van der Waals surface area contributed by atoms with Gasteiger partial charge in [0.15, 0.2) is 0 Å². The Kier molecular flexibility index (Phi) is 4.56. The molecular formula is C15H20N2O. The molecule has 1 aromatic carbocycles. The van der Waals surface area contributed by atoms with Gasteiger partial charge in [-0.15, -0.1) is 0 Å². The van der Waals surface area contributed by atoms with E-state index < -0.39 is 0 Å². The van der Waals surface area contributed by atoms with Gasteiger partial charge < -0.3 is 10.2 Å². The normalized spacial score (nSPS) is 12.8. The molecule has 3 heteroatoms. The maximum atomic E-state index is 5.89. The number of hydrogen-bond donors (Lipinski definition) is 1. The lowest BCUT2D eigenvalue weighted by molar-refractivity contribution is 0.180. The zero-order valence-corrected chi connectivity index (χ0v) is 10.8. The molecule has 1 unspecified atom stereocenters. The minimum atomic E-state index is 0.144. The van der Waals surface area contributed by atoms with Crippen LogP contribution >= 0.6 is 0 Å². The molecule has 1 aromatic heterocycles. The van der Waals surface area contributed by atoms with Crippen LogP contribution in [0.4, 0.5) is 0 Å². The van der Waals surface area contributed by atoms with Gasteiger partial charge in [0.05, 0.1) is 12.3 Å². The highest BCUT2D eigenvalue weighted by molar-refractivity contribution is 5.15. The van der Waals surface area contributed by atoms with Crippen molar-refractivity contribution in [1.29, 1.82) is 0 Å². The second-order valence-corrected chi connectivity index (χ2v) is 4.32. The number of nitrogens with two attached hydrogens (primary N) is 1. The molecule has 1 atom stereocenters. The highest BCUT2D eigenvalue weighted by Crippen LogP contribution is 2.21. The summed E-state index contributed by atoms with van der Waals surface area (Å²) in [5.41, 5.74) is 7.19. The average molecular weight is 244 g/mol. The molecule has 2 rings (SSSR count). The molecule has 0 radical (unpaired) electrons. The Morgan fingerprint density at radius 1 is 1.17 bits per heavy atom. The van der Waals surface area contributed by atoms with E-state index in [0.717, 1.165) is 18.8 Å². The SMILES string of the molecule is CCN(Cc1ccccc1)C(CN)c1ccco1. The monoisotopic (exact) mass is 244 g/mol. The summed E-state index contributed by atoms with van der Waals surface area (Å²) in [4.78, 5) is 2.33. The Balaban J connectivity index is 2.12. The minimum absolute atomic E-state index is 0.144. The zero-order chi connectivity index (χ0) is 12.8. The average Bonchev–Trinajstić information content (AvgIpc) is 2.93. The van der Waals surface area contributed by atoms with Gasteiger partial charge in [0.1, 0.15) is 5.76 Å². The van der Waals surface area contributed by atoms with E-state index in [1.807, 2.05) is 18.2 Å². The second-order valence-electron chi connectivity index (χ2n) is 4.32. The molecule has 0 aliphatic rings. The lowest BCUT2D eigenvalue weighted by atomic mass is 10.1. The topological polar surface area (TPSA) is 42.4 Å². The molecule has 0 spiro atoms. The van der Waals surface area contributed by atoms with E-state index in [1.165, 1.54) is 5.56 Å². The van der Waals surface area contributed by atoms with Crippen molar-refractivity contribution in [2.45, 2.75) is 19.5 Å². The largest absolute Gasteiger partial charge is 0.468 e. The Morgan fingerprint density at radius 3 is 2.50 bits per heavy atom. The van der Waals surface area contributed by atoms with E-state index in [1.54, 1.807) is 6.26 Å². The molecule has 0 aliphatic carbocycles. The van der Waals surface area contributed by atoms with Crippen LogP contribution in [0.15, 0.2) is 53.1 Å². The van der Waals surface area contributed by atoms with Gasteiger partial charge in [0.25, 0.3) is 0 Å². The molecule has 0 saturated heterocycles. The number of likely N-dealkylation sites (N-methyl/N-ethyl adjacent to an activating group) is 1. The van der Waals surface area contributed by atoms with Gasteiger partial charge in [0.2, 0.25) is 0 Å². The highest BCUT2D eigenvalue weighted by atomic mass is 16.3. The van der Waals surface area contributed by atoms with E-state index >= 15 is 0 Å². The predicted octanol–water partition coefficient (Wildman–Crippen LogP) is 2.80. The van der Waals surface area contributed by atoms with Crippen molar-refractivity contribution in [3.05, 3.63) is 60.1 Å². The van der Waals surface area contributed by atoms with E-state index in [9.17, 15) is 0 Å². The smallest absolute Gasteiger partial charge is 0.122 e. The van der Waals surface area contributed by atoms with Gasteiger partial charge in [-0.25, -0.2) is 0 Å². The van der Waals surface area contributed by atoms with E-state index in [0.29, 0.717) is 6.54 Å². The summed E-state index contributed by atoms with van der Waals surface area (Å²) in [6.45, 7) is 4.54. The molecule has 1 heterocycles. The molecule has 0 amide bonds. The zero-order valence-electron chi connectivity index (χ0n) is 10.8. The fourth-order valence-corrected chi connectivity index (χ4v) is 2.19. The van der Waals surface area contributed by atoms with Crippen LogP contribution in [0.1, 0.15) is 24.3 Å². The van der Waals surface area contributed by atoms with Crippen molar-refractivity contribution >= 4 is 0 Å². The van der Waals surface area contributed by atoms with Crippen LogP contribution in [-0.4, -0.2) is 18.0 Å². The standard InChI is InChI=1S/C15H20N2O/c1-2-17(12-13-7-4-3-5-8-13)14(11-16)15-9-6-10-18-15/h3-10,14H,2,11-12,16H2,1H3. The number of hydrogen-bond acceptors (Lipinski definition) is 3. The Labute approximate surface area is 108 Å². The third-order valence-corrected chi connectivity index (χ3v) is 3.17. The molecule has 2 aromatic rings. The Hall–Kier alpha value is -1.58. The van der Waals surface area contributed by atoms with E-state index in [-0.39, 0.29) is 6.04 Å².